The van der Waals surface area contributed by atoms with Gasteiger partial charge in [-0.15, -0.1) is 0 Å². The molecule has 7 heteroatoms. The number of hydrogen-bond acceptors (Lipinski definition) is 3. The Kier molecular flexibility index (Phi) is 6.35. The monoisotopic (exact) mass is 491 g/mol. The van der Waals surface area contributed by atoms with Crippen LogP contribution in [0, 0.1) is 11.3 Å². The standard InChI is InChI=1S/C29H34FN3O3/c1-18(2)20-9-11-22(12-10-20)26(21-7-5-4-6-8-21)31-27(35)25-13-24(30)16-33(25)28(36)29-14-23(29)15-32(17-29)19(3)34/h4-12,18,23-26H,13-17H2,1-3H3,(H,31,35)/t23-,24-,25+,26+,29-/m1/s1. The maximum Gasteiger partial charge on any atom is 0.243 e. The molecule has 3 amide bonds. The van der Waals surface area contributed by atoms with Crippen molar-refractivity contribution in [1.29, 1.82) is 0 Å². The molecular weight excluding hydrogens is 457 g/mol. The number of nitrogens with one attached hydrogen (secondary N) is 1. The number of likely N-dealkylation sites (tertiary alicyclic amines) is 2. The first-order valence-corrected chi connectivity index (χ1v) is 12.9. The summed E-state index contributed by atoms with van der Waals surface area (Å²) in [6, 6.07) is 16.6. The summed E-state index contributed by atoms with van der Waals surface area (Å²) in [6.07, 6.45) is -0.557. The molecule has 5 rings (SSSR count). The van der Waals surface area contributed by atoms with Gasteiger partial charge in [0.05, 0.1) is 18.0 Å². The zero-order valence-corrected chi connectivity index (χ0v) is 21.1. The summed E-state index contributed by atoms with van der Waals surface area (Å²) >= 11 is 0. The third-order valence-corrected chi connectivity index (χ3v) is 8.19. The molecule has 2 aromatic carbocycles. The highest BCUT2D eigenvalue weighted by Gasteiger charge is 2.67. The van der Waals surface area contributed by atoms with Crippen molar-refractivity contribution >= 4 is 17.7 Å². The van der Waals surface area contributed by atoms with Gasteiger partial charge >= 0.3 is 0 Å². The fraction of sp³-hybridized carbons (Fsp3) is 0.483. The second-order valence-corrected chi connectivity index (χ2v) is 10.9. The van der Waals surface area contributed by atoms with Crippen LogP contribution >= 0.6 is 0 Å². The molecular formula is C29H34FN3O3. The van der Waals surface area contributed by atoms with E-state index in [0.29, 0.717) is 25.4 Å². The van der Waals surface area contributed by atoms with Gasteiger partial charge in [-0.25, -0.2) is 4.39 Å². The molecule has 2 aliphatic heterocycles. The Bertz CT molecular complexity index is 1150. The normalized spacial score (nSPS) is 27.6. The number of benzene rings is 2. The number of carbonyl (C=O) groups is 3. The highest BCUT2D eigenvalue weighted by molar-refractivity contribution is 5.94. The Morgan fingerprint density at radius 1 is 0.972 bits per heavy atom. The van der Waals surface area contributed by atoms with Gasteiger partial charge in [-0.1, -0.05) is 68.4 Å². The van der Waals surface area contributed by atoms with Gasteiger partial charge in [-0.2, -0.15) is 0 Å². The number of hydrogen-bond donors (Lipinski definition) is 1. The molecule has 190 valence electrons. The van der Waals surface area contributed by atoms with Gasteiger partial charge in [-0.3, -0.25) is 14.4 Å². The Morgan fingerprint density at radius 3 is 2.22 bits per heavy atom. The van der Waals surface area contributed by atoms with Crippen molar-refractivity contribution in [2.75, 3.05) is 19.6 Å². The van der Waals surface area contributed by atoms with Gasteiger partial charge in [0.15, 0.2) is 0 Å². The van der Waals surface area contributed by atoms with Crippen molar-refractivity contribution in [3.05, 3.63) is 71.3 Å². The molecule has 0 radical (unpaired) electrons. The number of rotatable bonds is 6. The molecule has 0 bridgehead atoms. The topological polar surface area (TPSA) is 69.7 Å². The minimum Gasteiger partial charge on any atom is -0.343 e. The lowest BCUT2D eigenvalue weighted by Crippen LogP contribution is -2.50. The lowest BCUT2D eigenvalue weighted by molar-refractivity contribution is -0.143. The zero-order chi connectivity index (χ0) is 25.6. The number of amides is 3. The fourth-order valence-corrected chi connectivity index (χ4v) is 5.91. The van der Waals surface area contributed by atoms with Gasteiger partial charge in [0.1, 0.15) is 12.2 Å². The van der Waals surface area contributed by atoms with Crippen LogP contribution in [0.25, 0.3) is 0 Å². The average Bonchev–Trinajstić information content (AvgIpc) is 3.21. The van der Waals surface area contributed by atoms with Crippen molar-refractivity contribution in [3.8, 4) is 0 Å². The van der Waals surface area contributed by atoms with Gasteiger partial charge in [0.2, 0.25) is 17.7 Å². The minimum atomic E-state index is -1.25. The maximum atomic E-state index is 14.6. The molecule has 1 saturated carbocycles. The van der Waals surface area contributed by atoms with E-state index in [1.54, 1.807) is 4.90 Å². The molecule has 0 spiro atoms. The first-order chi connectivity index (χ1) is 17.2. The lowest BCUT2D eigenvalue weighted by Gasteiger charge is -2.30. The summed E-state index contributed by atoms with van der Waals surface area (Å²) in [4.78, 5) is 42.2. The van der Waals surface area contributed by atoms with E-state index in [2.05, 4.69) is 31.3 Å². The van der Waals surface area contributed by atoms with Crippen molar-refractivity contribution in [2.45, 2.75) is 57.8 Å². The highest BCUT2D eigenvalue weighted by Crippen LogP contribution is 2.59. The third kappa shape index (κ3) is 4.40. The molecule has 2 saturated heterocycles. The van der Waals surface area contributed by atoms with E-state index in [1.165, 1.54) is 17.4 Å². The van der Waals surface area contributed by atoms with Crippen molar-refractivity contribution in [3.63, 3.8) is 0 Å². The number of alkyl halides is 1. The molecule has 2 aromatic rings. The van der Waals surface area contributed by atoms with Gasteiger partial charge in [0.25, 0.3) is 0 Å². The first-order valence-electron chi connectivity index (χ1n) is 12.9. The Morgan fingerprint density at radius 2 is 1.61 bits per heavy atom. The van der Waals surface area contributed by atoms with E-state index in [1.807, 2.05) is 42.5 Å². The predicted molar refractivity (Wildman–Crippen MR) is 135 cm³/mol. The van der Waals surface area contributed by atoms with Crippen LogP contribution in [0.5, 0.6) is 0 Å². The van der Waals surface area contributed by atoms with Gasteiger partial charge in [-0.05, 0) is 34.9 Å². The molecule has 36 heavy (non-hydrogen) atoms. The van der Waals surface area contributed by atoms with Crippen LogP contribution < -0.4 is 5.32 Å². The van der Waals surface area contributed by atoms with E-state index in [4.69, 9.17) is 0 Å². The van der Waals surface area contributed by atoms with Crippen molar-refractivity contribution < 1.29 is 18.8 Å². The summed E-state index contributed by atoms with van der Waals surface area (Å²) in [5.74, 6) is -0.0895. The number of carbonyl (C=O) groups excluding carboxylic acids is 3. The first kappa shape index (κ1) is 24.5. The second-order valence-electron chi connectivity index (χ2n) is 10.9. The molecule has 1 N–H and O–H groups in total. The molecule has 3 aliphatic rings. The largest absolute Gasteiger partial charge is 0.343 e. The van der Waals surface area contributed by atoms with Crippen LogP contribution in [0.15, 0.2) is 54.6 Å². The molecule has 0 aromatic heterocycles. The van der Waals surface area contributed by atoms with E-state index >= 15 is 0 Å². The quantitative estimate of drug-likeness (QED) is 0.668. The number of nitrogens with zero attached hydrogens (tertiary/aromatic N) is 2. The van der Waals surface area contributed by atoms with Crippen LogP contribution in [0.4, 0.5) is 4.39 Å². The van der Waals surface area contributed by atoms with Crippen molar-refractivity contribution in [2.24, 2.45) is 11.3 Å². The molecule has 6 nitrogen and oxygen atoms in total. The Labute approximate surface area is 211 Å². The number of fused-ring (bicyclic) bond motifs is 1. The van der Waals surface area contributed by atoms with Gasteiger partial charge in [0, 0.05) is 26.4 Å². The number of halogens is 1. The smallest absolute Gasteiger partial charge is 0.243 e. The van der Waals surface area contributed by atoms with E-state index in [9.17, 15) is 18.8 Å². The highest BCUT2D eigenvalue weighted by atomic mass is 19.1. The van der Waals surface area contributed by atoms with Crippen LogP contribution in [-0.2, 0) is 14.4 Å². The van der Waals surface area contributed by atoms with Crippen molar-refractivity contribution in [1.82, 2.24) is 15.1 Å². The summed E-state index contributed by atoms with van der Waals surface area (Å²) in [5.41, 5.74) is 2.41. The van der Waals surface area contributed by atoms with E-state index in [-0.39, 0.29) is 36.6 Å². The average molecular weight is 492 g/mol. The van der Waals surface area contributed by atoms with E-state index in [0.717, 1.165) is 11.1 Å². The molecule has 5 atom stereocenters. The lowest BCUT2D eigenvalue weighted by atomic mass is 9.95. The van der Waals surface area contributed by atoms with Crippen LogP contribution in [0.3, 0.4) is 0 Å². The Hall–Kier alpha value is -3.22. The SMILES string of the molecule is CC(=O)N1C[C@H]2C[C@@]2(C(=O)N2C[C@H](F)C[C@H]2C(=O)N[C@@H](c2ccccc2)c2ccc(C(C)C)cc2)C1. The third-order valence-electron chi connectivity index (χ3n) is 8.19. The van der Waals surface area contributed by atoms with Gasteiger partial charge < -0.3 is 15.1 Å². The molecule has 0 unspecified atom stereocenters. The molecule has 2 heterocycles. The molecule has 3 fully saturated rings. The van der Waals surface area contributed by atoms with Crippen LogP contribution in [0.1, 0.15) is 62.3 Å². The van der Waals surface area contributed by atoms with E-state index < -0.39 is 23.7 Å². The zero-order valence-electron chi connectivity index (χ0n) is 21.1. The Balaban J connectivity index is 1.37. The summed E-state index contributed by atoms with van der Waals surface area (Å²) in [6.45, 7) is 6.62. The maximum absolute atomic E-state index is 14.6. The number of piperidine rings is 1. The summed E-state index contributed by atoms with van der Waals surface area (Å²) in [7, 11) is 0. The molecule has 1 aliphatic carbocycles. The predicted octanol–water partition coefficient (Wildman–Crippen LogP) is 3.82. The van der Waals surface area contributed by atoms with Crippen LogP contribution in [-0.4, -0.2) is 59.4 Å². The summed E-state index contributed by atoms with van der Waals surface area (Å²) in [5, 5.41) is 3.13. The van der Waals surface area contributed by atoms with Crippen LogP contribution in [0.2, 0.25) is 0 Å². The summed E-state index contributed by atoms with van der Waals surface area (Å²) < 4.78 is 14.6. The second kappa shape index (κ2) is 9.34. The fourth-order valence-electron chi connectivity index (χ4n) is 5.91. The minimum absolute atomic E-state index is 0.0114.